The number of rotatable bonds is 7. The first-order valence-electron chi connectivity index (χ1n) is 6.80. The number of benzene rings is 1. The van der Waals surface area contributed by atoms with Gasteiger partial charge in [-0.05, 0) is 17.0 Å². The maximum Gasteiger partial charge on any atom is 0.250 e. The summed E-state index contributed by atoms with van der Waals surface area (Å²) in [6.45, 7) is 0.607. The highest BCUT2D eigenvalue weighted by Gasteiger charge is 2.16. The third-order valence-corrected chi connectivity index (χ3v) is 5.94. The van der Waals surface area contributed by atoms with E-state index in [1.54, 1.807) is 23.4 Å². The molecule has 7 heteroatoms. The average molecular weight is 338 g/mol. The van der Waals surface area contributed by atoms with Gasteiger partial charge in [-0.1, -0.05) is 36.4 Å². The third kappa shape index (κ3) is 4.66. The second kappa shape index (κ2) is 7.53. The van der Waals surface area contributed by atoms with Crippen molar-refractivity contribution in [2.75, 3.05) is 13.6 Å². The maximum absolute atomic E-state index is 12.0. The molecule has 0 aliphatic carbocycles. The van der Waals surface area contributed by atoms with Crippen LogP contribution in [0.3, 0.4) is 0 Å². The highest BCUT2D eigenvalue weighted by atomic mass is 32.2. The molecule has 2 aromatic rings. The number of carbonyl (C=O) groups excluding carboxylic acids is 1. The number of amides is 1. The van der Waals surface area contributed by atoms with E-state index < -0.39 is 10.0 Å². The smallest absolute Gasteiger partial charge is 0.250 e. The van der Waals surface area contributed by atoms with E-state index in [2.05, 4.69) is 4.72 Å². The largest absolute Gasteiger partial charge is 0.341 e. The van der Waals surface area contributed by atoms with E-state index in [1.165, 1.54) is 6.07 Å². The van der Waals surface area contributed by atoms with Crippen molar-refractivity contribution in [3.63, 3.8) is 0 Å². The van der Waals surface area contributed by atoms with Gasteiger partial charge in [-0.15, -0.1) is 11.3 Å². The van der Waals surface area contributed by atoms with Crippen LogP contribution in [0.1, 0.15) is 12.0 Å². The number of thiophene rings is 1. The van der Waals surface area contributed by atoms with Crippen LogP contribution in [0.2, 0.25) is 0 Å². The monoisotopic (exact) mass is 338 g/mol. The Bertz CT molecular complexity index is 698. The molecule has 1 N–H and O–H groups in total. The lowest BCUT2D eigenvalue weighted by atomic mass is 10.2. The Labute approximate surface area is 134 Å². The van der Waals surface area contributed by atoms with Crippen molar-refractivity contribution in [1.29, 1.82) is 0 Å². The molecule has 1 aromatic carbocycles. The van der Waals surface area contributed by atoms with Crippen LogP contribution in [0.5, 0.6) is 0 Å². The molecule has 0 aliphatic rings. The minimum absolute atomic E-state index is 0.0954. The Balaban J connectivity index is 1.80. The predicted molar refractivity (Wildman–Crippen MR) is 87.0 cm³/mol. The molecule has 1 amide bonds. The van der Waals surface area contributed by atoms with Gasteiger partial charge in [0.25, 0.3) is 0 Å². The molecule has 2 rings (SSSR count). The van der Waals surface area contributed by atoms with Gasteiger partial charge in [-0.2, -0.15) is 0 Å². The second-order valence-corrected chi connectivity index (χ2v) is 7.76. The van der Waals surface area contributed by atoms with E-state index in [1.807, 2.05) is 30.3 Å². The zero-order valence-electron chi connectivity index (χ0n) is 12.2. The summed E-state index contributed by atoms with van der Waals surface area (Å²) >= 11 is 1.15. The van der Waals surface area contributed by atoms with Gasteiger partial charge >= 0.3 is 0 Å². The van der Waals surface area contributed by atoms with Crippen molar-refractivity contribution in [3.8, 4) is 0 Å². The van der Waals surface area contributed by atoms with Crippen molar-refractivity contribution in [2.24, 2.45) is 0 Å². The fraction of sp³-hybridized carbons (Fsp3) is 0.267. The van der Waals surface area contributed by atoms with Crippen LogP contribution in [0.4, 0.5) is 0 Å². The summed E-state index contributed by atoms with van der Waals surface area (Å²) in [5, 5.41) is 1.70. The fourth-order valence-corrected chi connectivity index (χ4v) is 3.99. The second-order valence-electron chi connectivity index (χ2n) is 4.82. The molecule has 0 bridgehead atoms. The van der Waals surface area contributed by atoms with E-state index in [0.29, 0.717) is 6.54 Å². The Hall–Kier alpha value is -1.70. The van der Waals surface area contributed by atoms with Crippen LogP contribution in [0.25, 0.3) is 0 Å². The number of hydrogen-bond acceptors (Lipinski definition) is 4. The lowest BCUT2D eigenvalue weighted by Crippen LogP contribution is -2.31. The number of carbonyl (C=O) groups is 1. The fourth-order valence-electron chi connectivity index (χ4n) is 1.92. The molecule has 118 valence electrons. The predicted octanol–water partition coefficient (Wildman–Crippen LogP) is 2.08. The number of sulfonamides is 1. The highest BCUT2D eigenvalue weighted by molar-refractivity contribution is 7.91. The Morgan fingerprint density at radius 3 is 2.55 bits per heavy atom. The van der Waals surface area contributed by atoms with Gasteiger partial charge < -0.3 is 4.90 Å². The summed E-state index contributed by atoms with van der Waals surface area (Å²) < 4.78 is 26.5. The normalized spacial score (nSPS) is 11.3. The summed E-state index contributed by atoms with van der Waals surface area (Å²) in [7, 11) is -1.79. The van der Waals surface area contributed by atoms with E-state index in [0.717, 1.165) is 16.9 Å². The van der Waals surface area contributed by atoms with Crippen molar-refractivity contribution in [3.05, 3.63) is 53.4 Å². The molecule has 1 aromatic heterocycles. The van der Waals surface area contributed by atoms with E-state index in [4.69, 9.17) is 0 Å². The molecule has 0 saturated carbocycles. The SMILES string of the molecule is CN(Cc1ccccc1)C(=O)CCNS(=O)(=O)c1cccs1. The van der Waals surface area contributed by atoms with Crippen LogP contribution in [-0.4, -0.2) is 32.8 Å². The molecule has 0 aliphatic heterocycles. The average Bonchev–Trinajstić information content (AvgIpc) is 3.03. The summed E-state index contributed by atoms with van der Waals surface area (Å²) in [4.78, 5) is 13.6. The summed E-state index contributed by atoms with van der Waals surface area (Å²) in [5.74, 6) is -0.0993. The lowest BCUT2D eigenvalue weighted by Gasteiger charge is -2.17. The molecule has 0 atom stereocenters. The van der Waals surface area contributed by atoms with Crippen LogP contribution in [0.15, 0.2) is 52.1 Å². The molecule has 0 unspecified atom stereocenters. The number of nitrogens with one attached hydrogen (secondary N) is 1. The van der Waals surface area contributed by atoms with Gasteiger partial charge in [0.1, 0.15) is 4.21 Å². The summed E-state index contributed by atoms with van der Waals surface area (Å²) in [6.07, 6.45) is 0.133. The molecule has 0 saturated heterocycles. The summed E-state index contributed by atoms with van der Waals surface area (Å²) in [6, 6.07) is 12.9. The Morgan fingerprint density at radius 1 is 1.18 bits per heavy atom. The topological polar surface area (TPSA) is 66.5 Å². The van der Waals surface area contributed by atoms with Crippen molar-refractivity contribution >= 4 is 27.3 Å². The third-order valence-electron chi connectivity index (χ3n) is 3.08. The van der Waals surface area contributed by atoms with E-state index in [-0.39, 0.29) is 23.1 Å². The van der Waals surface area contributed by atoms with Gasteiger partial charge in [0.15, 0.2) is 0 Å². The zero-order chi connectivity index (χ0) is 16.0. The van der Waals surface area contributed by atoms with Crippen LogP contribution < -0.4 is 4.72 Å². The molecule has 0 radical (unpaired) electrons. The van der Waals surface area contributed by atoms with Crippen LogP contribution >= 0.6 is 11.3 Å². The quantitative estimate of drug-likeness (QED) is 0.840. The minimum Gasteiger partial charge on any atom is -0.341 e. The highest BCUT2D eigenvalue weighted by Crippen LogP contribution is 2.15. The molecule has 0 fully saturated rings. The molecular weight excluding hydrogens is 320 g/mol. The first-order chi connectivity index (χ1) is 10.5. The molecule has 22 heavy (non-hydrogen) atoms. The molecule has 1 heterocycles. The van der Waals surface area contributed by atoms with Crippen molar-refractivity contribution in [1.82, 2.24) is 9.62 Å². The Morgan fingerprint density at radius 2 is 1.91 bits per heavy atom. The summed E-state index contributed by atoms with van der Waals surface area (Å²) in [5.41, 5.74) is 1.04. The van der Waals surface area contributed by atoms with Gasteiger partial charge in [0.2, 0.25) is 15.9 Å². The van der Waals surface area contributed by atoms with Crippen molar-refractivity contribution in [2.45, 2.75) is 17.2 Å². The lowest BCUT2D eigenvalue weighted by molar-refractivity contribution is -0.130. The number of hydrogen-bond donors (Lipinski definition) is 1. The minimum atomic E-state index is -3.50. The van der Waals surface area contributed by atoms with E-state index in [9.17, 15) is 13.2 Å². The van der Waals surface area contributed by atoms with Gasteiger partial charge in [0.05, 0.1) is 0 Å². The standard InChI is InChI=1S/C15H18N2O3S2/c1-17(12-13-6-3-2-4-7-13)14(18)9-10-16-22(19,20)15-8-5-11-21-15/h2-8,11,16H,9-10,12H2,1H3. The van der Waals surface area contributed by atoms with Crippen molar-refractivity contribution < 1.29 is 13.2 Å². The van der Waals surface area contributed by atoms with Crippen LogP contribution in [-0.2, 0) is 21.4 Å². The van der Waals surface area contributed by atoms with Gasteiger partial charge in [-0.25, -0.2) is 13.1 Å². The molecule has 5 nitrogen and oxygen atoms in total. The number of nitrogens with zero attached hydrogens (tertiary/aromatic N) is 1. The van der Waals surface area contributed by atoms with E-state index >= 15 is 0 Å². The van der Waals surface area contributed by atoms with Crippen LogP contribution in [0, 0.1) is 0 Å². The molecule has 0 spiro atoms. The Kier molecular flexibility index (Phi) is 5.70. The first kappa shape index (κ1) is 16.7. The maximum atomic E-state index is 12.0. The van der Waals surface area contributed by atoms with Gasteiger partial charge in [0, 0.05) is 26.6 Å². The molecular formula is C15H18N2O3S2. The zero-order valence-corrected chi connectivity index (χ0v) is 13.9. The van der Waals surface area contributed by atoms with Gasteiger partial charge in [-0.3, -0.25) is 4.79 Å². The first-order valence-corrected chi connectivity index (χ1v) is 9.16.